The monoisotopic (exact) mass is 392 g/mol. The topological polar surface area (TPSA) is 69.0 Å². The molecule has 0 bridgehead atoms. The summed E-state index contributed by atoms with van der Waals surface area (Å²) in [7, 11) is 0. The van der Waals surface area contributed by atoms with Crippen molar-refractivity contribution in [2.45, 2.75) is 19.6 Å². The fourth-order valence-corrected chi connectivity index (χ4v) is 2.49. The summed E-state index contributed by atoms with van der Waals surface area (Å²) in [5, 5.41) is 7.53. The molecule has 1 atom stereocenters. The van der Waals surface area contributed by atoms with Crippen LogP contribution in [0.4, 0.5) is 8.78 Å². The minimum Gasteiger partial charge on any atom is -0.435 e. The van der Waals surface area contributed by atoms with E-state index in [0.717, 1.165) is 5.56 Å². The predicted octanol–water partition coefficient (Wildman–Crippen LogP) is 4.01. The average Bonchev–Trinajstić information content (AvgIpc) is 3.12. The number of hydrogen-bond acceptors (Lipinski definition) is 4. The maximum atomic E-state index is 12.3. The van der Waals surface area contributed by atoms with E-state index in [1.165, 1.54) is 35.3 Å². The SMILES string of the molecule is C[C@@H](NC(=O)c1ncn(-c2ccc(OC(F)F)cc2)n1)c1ccc(Cl)cc1. The molecule has 6 nitrogen and oxygen atoms in total. The molecule has 140 valence electrons. The Labute approximate surface area is 158 Å². The van der Waals surface area contributed by atoms with Crippen LogP contribution in [0.15, 0.2) is 54.9 Å². The zero-order chi connectivity index (χ0) is 19.4. The molecule has 1 amide bonds. The second kappa shape index (κ2) is 8.13. The lowest BCUT2D eigenvalue weighted by Crippen LogP contribution is -2.27. The van der Waals surface area contributed by atoms with E-state index < -0.39 is 12.5 Å². The van der Waals surface area contributed by atoms with Crippen LogP contribution in [0.2, 0.25) is 5.02 Å². The number of hydrogen-bond donors (Lipinski definition) is 1. The summed E-state index contributed by atoms with van der Waals surface area (Å²) in [6.45, 7) is -1.06. The van der Waals surface area contributed by atoms with Gasteiger partial charge in [0.1, 0.15) is 12.1 Å². The number of benzene rings is 2. The third-order valence-corrected chi connectivity index (χ3v) is 3.99. The number of alkyl halides is 2. The van der Waals surface area contributed by atoms with Gasteiger partial charge in [0.25, 0.3) is 5.91 Å². The second-order valence-corrected chi connectivity index (χ2v) is 6.07. The number of halogens is 3. The molecule has 1 N–H and O–H groups in total. The van der Waals surface area contributed by atoms with Gasteiger partial charge >= 0.3 is 6.61 Å². The number of carbonyl (C=O) groups excluding carboxylic acids is 1. The molecule has 0 unspecified atom stereocenters. The van der Waals surface area contributed by atoms with Crippen molar-refractivity contribution in [2.75, 3.05) is 0 Å². The van der Waals surface area contributed by atoms with E-state index in [1.54, 1.807) is 12.1 Å². The molecule has 1 heterocycles. The highest BCUT2D eigenvalue weighted by atomic mass is 35.5. The molecule has 1 aromatic heterocycles. The summed E-state index contributed by atoms with van der Waals surface area (Å²) in [4.78, 5) is 16.3. The van der Waals surface area contributed by atoms with Crippen LogP contribution in [0.3, 0.4) is 0 Å². The van der Waals surface area contributed by atoms with Crippen molar-refractivity contribution in [3.63, 3.8) is 0 Å². The number of amides is 1. The average molecular weight is 393 g/mol. The fourth-order valence-electron chi connectivity index (χ4n) is 2.37. The molecule has 3 aromatic rings. The molecule has 0 spiro atoms. The molecule has 0 saturated heterocycles. The largest absolute Gasteiger partial charge is 0.435 e. The Morgan fingerprint density at radius 1 is 1.15 bits per heavy atom. The fraction of sp³-hybridized carbons (Fsp3) is 0.167. The van der Waals surface area contributed by atoms with E-state index in [-0.39, 0.29) is 17.6 Å². The van der Waals surface area contributed by atoms with Gasteiger partial charge in [0.15, 0.2) is 0 Å². The van der Waals surface area contributed by atoms with Gasteiger partial charge in [-0.2, -0.15) is 8.78 Å². The van der Waals surface area contributed by atoms with Gasteiger partial charge in [-0.1, -0.05) is 23.7 Å². The van der Waals surface area contributed by atoms with Crippen molar-refractivity contribution >= 4 is 17.5 Å². The first-order valence-electron chi connectivity index (χ1n) is 7.95. The Hall–Kier alpha value is -3.00. The minimum absolute atomic E-state index is 0.0104. The van der Waals surface area contributed by atoms with Crippen molar-refractivity contribution in [3.05, 3.63) is 71.3 Å². The minimum atomic E-state index is -2.89. The van der Waals surface area contributed by atoms with Crippen LogP contribution in [0.25, 0.3) is 5.69 Å². The van der Waals surface area contributed by atoms with Crippen molar-refractivity contribution in [1.29, 1.82) is 0 Å². The summed E-state index contributed by atoms with van der Waals surface area (Å²) in [6.07, 6.45) is 1.37. The van der Waals surface area contributed by atoms with Gasteiger partial charge in [0.05, 0.1) is 11.7 Å². The maximum Gasteiger partial charge on any atom is 0.387 e. The third kappa shape index (κ3) is 4.79. The Kier molecular flexibility index (Phi) is 5.66. The molecule has 3 rings (SSSR count). The van der Waals surface area contributed by atoms with E-state index in [0.29, 0.717) is 10.7 Å². The van der Waals surface area contributed by atoms with Gasteiger partial charge in [0.2, 0.25) is 5.82 Å². The third-order valence-electron chi connectivity index (χ3n) is 3.74. The molecule has 0 saturated carbocycles. The van der Waals surface area contributed by atoms with Crippen LogP contribution in [0, 0.1) is 0 Å². The van der Waals surface area contributed by atoms with Gasteiger partial charge in [-0.15, -0.1) is 5.10 Å². The first-order chi connectivity index (χ1) is 12.9. The molecular weight excluding hydrogens is 378 g/mol. The lowest BCUT2D eigenvalue weighted by Gasteiger charge is -2.13. The van der Waals surface area contributed by atoms with E-state index >= 15 is 0 Å². The lowest BCUT2D eigenvalue weighted by molar-refractivity contribution is -0.0498. The van der Waals surface area contributed by atoms with E-state index in [4.69, 9.17) is 11.6 Å². The number of nitrogens with zero attached hydrogens (tertiary/aromatic N) is 3. The van der Waals surface area contributed by atoms with Gasteiger partial charge in [-0.05, 0) is 48.9 Å². The lowest BCUT2D eigenvalue weighted by atomic mass is 10.1. The Morgan fingerprint density at radius 3 is 2.44 bits per heavy atom. The van der Waals surface area contributed by atoms with Crippen LogP contribution >= 0.6 is 11.6 Å². The van der Waals surface area contributed by atoms with Gasteiger partial charge in [-0.3, -0.25) is 4.79 Å². The van der Waals surface area contributed by atoms with Crippen LogP contribution in [-0.4, -0.2) is 27.3 Å². The number of nitrogens with one attached hydrogen (secondary N) is 1. The van der Waals surface area contributed by atoms with Crippen LogP contribution < -0.4 is 10.1 Å². The molecule has 0 aliphatic heterocycles. The molecule has 2 aromatic carbocycles. The number of rotatable bonds is 6. The number of aromatic nitrogens is 3. The summed E-state index contributed by atoms with van der Waals surface area (Å²) < 4.78 is 30.0. The first-order valence-corrected chi connectivity index (χ1v) is 8.33. The van der Waals surface area contributed by atoms with Crippen molar-refractivity contribution in [3.8, 4) is 11.4 Å². The predicted molar refractivity (Wildman–Crippen MR) is 95.3 cm³/mol. The maximum absolute atomic E-state index is 12.3. The van der Waals surface area contributed by atoms with Crippen molar-refractivity contribution < 1.29 is 18.3 Å². The van der Waals surface area contributed by atoms with Crippen molar-refractivity contribution in [2.24, 2.45) is 0 Å². The Bertz CT molecular complexity index is 914. The highest BCUT2D eigenvalue weighted by Gasteiger charge is 2.16. The Balaban J connectivity index is 1.67. The normalized spacial score (nSPS) is 12.0. The quantitative estimate of drug-likeness (QED) is 0.688. The van der Waals surface area contributed by atoms with Gasteiger partial charge in [-0.25, -0.2) is 9.67 Å². The van der Waals surface area contributed by atoms with Crippen molar-refractivity contribution in [1.82, 2.24) is 20.1 Å². The molecule has 0 aliphatic carbocycles. The highest BCUT2D eigenvalue weighted by Crippen LogP contribution is 2.18. The zero-order valence-electron chi connectivity index (χ0n) is 14.1. The van der Waals surface area contributed by atoms with E-state index in [9.17, 15) is 13.6 Å². The standard InChI is InChI=1S/C18H15ClF2N4O2/c1-11(12-2-4-13(19)5-3-12)23-17(26)16-22-10-25(24-16)14-6-8-15(9-7-14)27-18(20)21/h2-11,18H,1H3,(H,23,26)/t11-/m1/s1. The molecule has 0 radical (unpaired) electrons. The summed E-state index contributed by atoms with van der Waals surface area (Å²) in [6, 6.07) is 12.7. The zero-order valence-corrected chi connectivity index (χ0v) is 14.9. The van der Waals surface area contributed by atoms with Gasteiger partial charge < -0.3 is 10.1 Å². The molecule has 27 heavy (non-hydrogen) atoms. The molecule has 9 heteroatoms. The molecule has 0 fully saturated rings. The first kappa shape index (κ1) is 18.8. The number of carbonyl (C=O) groups is 1. The molecule has 0 aliphatic rings. The Morgan fingerprint density at radius 2 is 1.81 bits per heavy atom. The summed E-state index contributed by atoms with van der Waals surface area (Å²) in [5.41, 5.74) is 1.44. The summed E-state index contributed by atoms with van der Waals surface area (Å²) >= 11 is 5.86. The van der Waals surface area contributed by atoms with Gasteiger partial charge in [0, 0.05) is 5.02 Å². The number of ether oxygens (including phenoxy) is 1. The van der Waals surface area contributed by atoms with Crippen LogP contribution in [-0.2, 0) is 0 Å². The highest BCUT2D eigenvalue weighted by molar-refractivity contribution is 6.30. The van der Waals surface area contributed by atoms with E-state index in [1.807, 2.05) is 19.1 Å². The second-order valence-electron chi connectivity index (χ2n) is 5.63. The van der Waals surface area contributed by atoms with Crippen LogP contribution in [0.5, 0.6) is 5.75 Å². The van der Waals surface area contributed by atoms with E-state index in [2.05, 4.69) is 20.1 Å². The summed E-state index contributed by atoms with van der Waals surface area (Å²) in [5.74, 6) is -0.416. The molecular formula is C18H15ClF2N4O2. The van der Waals surface area contributed by atoms with Crippen LogP contribution in [0.1, 0.15) is 29.1 Å². The smallest absolute Gasteiger partial charge is 0.387 e.